The Balaban J connectivity index is 1.60. The Kier molecular flexibility index (Phi) is 5.96. The van der Waals surface area contributed by atoms with E-state index in [1.54, 1.807) is 7.11 Å². The van der Waals surface area contributed by atoms with Crippen LogP contribution in [0.4, 0.5) is 0 Å². The fraction of sp³-hybridized carbons (Fsp3) is 0.429. The number of methoxy groups -OCH3 is 1. The number of amides is 1. The molecule has 0 spiro atoms. The van der Waals surface area contributed by atoms with Crippen molar-refractivity contribution in [1.82, 2.24) is 10.2 Å². The monoisotopic (exact) mass is 370 g/mol. The van der Waals surface area contributed by atoms with E-state index in [0.29, 0.717) is 13.1 Å². The number of hydrogen-bond acceptors (Lipinski definition) is 4. The highest BCUT2D eigenvalue weighted by atomic mass is 16.5. The Labute approximate surface area is 159 Å². The van der Waals surface area contributed by atoms with E-state index in [9.17, 15) is 9.59 Å². The third-order valence-electron chi connectivity index (χ3n) is 5.26. The van der Waals surface area contributed by atoms with E-state index in [1.807, 2.05) is 42.2 Å². The molecule has 0 radical (unpaired) electrons. The summed E-state index contributed by atoms with van der Waals surface area (Å²) in [5, 5.41) is 14.1. The lowest BCUT2D eigenvalue weighted by molar-refractivity contribution is -0.138. The van der Waals surface area contributed by atoms with Crippen LogP contribution in [0.3, 0.4) is 0 Å². The summed E-state index contributed by atoms with van der Waals surface area (Å²) in [6.07, 6.45) is 1.56. The second kappa shape index (κ2) is 8.39. The first-order chi connectivity index (χ1) is 13.0. The van der Waals surface area contributed by atoms with Gasteiger partial charge in [0.2, 0.25) is 5.91 Å². The summed E-state index contributed by atoms with van der Waals surface area (Å²) >= 11 is 0. The van der Waals surface area contributed by atoms with E-state index in [1.165, 1.54) is 0 Å². The zero-order valence-corrected chi connectivity index (χ0v) is 15.8. The number of piperidine rings is 1. The molecule has 2 aromatic rings. The van der Waals surface area contributed by atoms with Crippen LogP contribution < -0.4 is 10.1 Å². The number of carboxylic acid groups (broad SMARTS) is 1. The smallest absolute Gasteiger partial charge is 0.317 e. The Morgan fingerprint density at radius 3 is 2.52 bits per heavy atom. The van der Waals surface area contributed by atoms with E-state index in [0.717, 1.165) is 34.9 Å². The number of nitrogens with one attached hydrogen (secondary N) is 1. The molecule has 6 heteroatoms. The lowest BCUT2D eigenvalue weighted by Crippen LogP contribution is -2.46. The van der Waals surface area contributed by atoms with Gasteiger partial charge in [-0.25, -0.2) is 0 Å². The van der Waals surface area contributed by atoms with Crippen molar-refractivity contribution in [2.75, 3.05) is 26.7 Å². The van der Waals surface area contributed by atoms with Crippen molar-refractivity contribution in [1.29, 1.82) is 0 Å². The van der Waals surface area contributed by atoms with Gasteiger partial charge in [-0.15, -0.1) is 0 Å². The molecule has 1 amide bonds. The van der Waals surface area contributed by atoms with E-state index in [4.69, 9.17) is 9.84 Å². The van der Waals surface area contributed by atoms with Gasteiger partial charge in [0, 0.05) is 19.1 Å². The highest BCUT2D eigenvalue weighted by molar-refractivity contribution is 5.88. The van der Waals surface area contributed by atoms with Crippen LogP contribution in [0.25, 0.3) is 10.8 Å². The molecule has 1 saturated heterocycles. The van der Waals surface area contributed by atoms with Crippen LogP contribution in [-0.2, 0) is 9.59 Å². The van der Waals surface area contributed by atoms with Crippen LogP contribution in [0.1, 0.15) is 31.2 Å². The van der Waals surface area contributed by atoms with Gasteiger partial charge in [0.1, 0.15) is 5.75 Å². The quantitative estimate of drug-likeness (QED) is 0.817. The molecule has 1 aliphatic rings. The molecule has 0 bridgehead atoms. The fourth-order valence-electron chi connectivity index (χ4n) is 3.54. The Morgan fingerprint density at radius 1 is 1.19 bits per heavy atom. The first-order valence-electron chi connectivity index (χ1n) is 9.28. The predicted molar refractivity (Wildman–Crippen MR) is 104 cm³/mol. The maximum absolute atomic E-state index is 12.7. The molecule has 0 unspecified atom stereocenters. The molecule has 1 fully saturated rings. The van der Waals surface area contributed by atoms with Crippen LogP contribution >= 0.6 is 0 Å². The molecule has 1 atom stereocenters. The van der Waals surface area contributed by atoms with Crippen LogP contribution in [-0.4, -0.2) is 54.7 Å². The summed E-state index contributed by atoms with van der Waals surface area (Å²) in [7, 11) is 1.65. The van der Waals surface area contributed by atoms with Gasteiger partial charge < -0.3 is 15.2 Å². The SMILES string of the molecule is COc1ccc2cc([C@H](C)C(=O)NC3CCN(CC(=O)O)CC3)ccc2c1. The van der Waals surface area contributed by atoms with Crippen molar-refractivity contribution >= 4 is 22.6 Å². The molecule has 144 valence electrons. The van der Waals surface area contributed by atoms with Crippen molar-refractivity contribution in [3.8, 4) is 5.75 Å². The van der Waals surface area contributed by atoms with Gasteiger partial charge in [-0.05, 0) is 48.2 Å². The first-order valence-corrected chi connectivity index (χ1v) is 9.28. The fourth-order valence-corrected chi connectivity index (χ4v) is 3.54. The molecule has 0 aliphatic carbocycles. The van der Waals surface area contributed by atoms with E-state index in [2.05, 4.69) is 11.4 Å². The number of benzene rings is 2. The lowest BCUT2D eigenvalue weighted by Gasteiger charge is -2.31. The summed E-state index contributed by atoms with van der Waals surface area (Å²) in [6, 6.07) is 12.1. The van der Waals surface area contributed by atoms with Gasteiger partial charge in [-0.1, -0.05) is 24.3 Å². The number of carboxylic acids is 1. The minimum absolute atomic E-state index is 0.0135. The third-order valence-corrected chi connectivity index (χ3v) is 5.26. The summed E-state index contributed by atoms with van der Waals surface area (Å²) in [5.41, 5.74) is 0.980. The average molecular weight is 370 g/mol. The Morgan fingerprint density at radius 2 is 1.85 bits per heavy atom. The number of hydrogen-bond donors (Lipinski definition) is 2. The molecule has 2 aromatic carbocycles. The zero-order valence-electron chi connectivity index (χ0n) is 15.8. The number of ether oxygens (including phenoxy) is 1. The molecule has 27 heavy (non-hydrogen) atoms. The van der Waals surface area contributed by atoms with Gasteiger partial charge >= 0.3 is 5.97 Å². The summed E-state index contributed by atoms with van der Waals surface area (Å²) in [4.78, 5) is 25.4. The molecule has 1 heterocycles. The second-order valence-corrected chi connectivity index (χ2v) is 7.15. The zero-order chi connectivity index (χ0) is 19.4. The molecule has 3 rings (SSSR count). The maximum Gasteiger partial charge on any atom is 0.317 e. The standard InChI is InChI=1S/C21H26N2O4/c1-14(15-3-4-17-12-19(27-2)6-5-16(17)11-15)21(26)22-18-7-9-23(10-8-18)13-20(24)25/h3-6,11-12,14,18H,7-10,13H2,1-2H3,(H,22,26)(H,24,25)/t14-/m0/s1. The highest BCUT2D eigenvalue weighted by Gasteiger charge is 2.24. The van der Waals surface area contributed by atoms with Gasteiger partial charge in [-0.3, -0.25) is 14.5 Å². The van der Waals surface area contributed by atoms with Crippen molar-refractivity contribution in [2.45, 2.75) is 31.7 Å². The van der Waals surface area contributed by atoms with Gasteiger partial charge in [0.15, 0.2) is 0 Å². The molecular formula is C21H26N2O4. The summed E-state index contributed by atoms with van der Waals surface area (Å²) in [5.74, 6) is -0.219. The van der Waals surface area contributed by atoms with Crippen molar-refractivity contribution in [3.63, 3.8) is 0 Å². The number of nitrogens with zero attached hydrogens (tertiary/aromatic N) is 1. The number of rotatable bonds is 6. The molecular weight excluding hydrogens is 344 g/mol. The van der Waals surface area contributed by atoms with E-state index >= 15 is 0 Å². The number of carbonyl (C=O) groups is 2. The first kappa shape index (κ1) is 19.2. The van der Waals surface area contributed by atoms with E-state index < -0.39 is 5.97 Å². The van der Waals surface area contributed by atoms with Crippen molar-refractivity contribution < 1.29 is 19.4 Å². The van der Waals surface area contributed by atoms with Gasteiger partial charge in [0.25, 0.3) is 0 Å². The number of likely N-dealkylation sites (tertiary alicyclic amines) is 1. The van der Waals surface area contributed by atoms with E-state index in [-0.39, 0.29) is 24.4 Å². The predicted octanol–water partition coefficient (Wildman–Crippen LogP) is 2.62. The molecule has 0 aromatic heterocycles. The Bertz CT molecular complexity index is 828. The van der Waals surface area contributed by atoms with Crippen LogP contribution in [0, 0.1) is 0 Å². The Hall–Kier alpha value is -2.60. The van der Waals surface area contributed by atoms with Crippen molar-refractivity contribution in [3.05, 3.63) is 42.0 Å². The minimum atomic E-state index is -0.806. The van der Waals surface area contributed by atoms with Crippen molar-refractivity contribution in [2.24, 2.45) is 0 Å². The normalized spacial score (nSPS) is 16.8. The second-order valence-electron chi connectivity index (χ2n) is 7.15. The average Bonchev–Trinajstić information content (AvgIpc) is 2.67. The lowest BCUT2D eigenvalue weighted by atomic mass is 9.96. The van der Waals surface area contributed by atoms with Gasteiger partial charge in [0.05, 0.1) is 19.6 Å². The molecule has 1 aliphatic heterocycles. The molecule has 6 nitrogen and oxygen atoms in total. The summed E-state index contributed by atoms with van der Waals surface area (Å²) in [6.45, 7) is 3.38. The minimum Gasteiger partial charge on any atom is -0.497 e. The topological polar surface area (TPSA) is 78.9 Å². The largest absolute Gasteiger partial charge is 0.497 e. The molecule has 0 saturated carbocycles. The summed E-state index contributed by atoms with van der Waals surface area (Å²) < 4.78 is 5.25. The number of aliphatic carboxylic acids is 1. The van der Waals surface area contributed by atoms with Gasteiger partial charge in [-0.2, -0.15) is 0 Å². The highest BCUT2D eigenvalue weighted by Crippen LogP contribution is 2.25. The number of fused-ring (bicyclic) bond motifs is 1. The maximum atomic E-state index is 12.7. The van der Waals surface area contributed by atoms with Crippen LogP contribution in [0.2, 0.25) is 0 Å². The molecule has 2 N–H and O–H groups in total. The van der Waals surface area contributed by atoms with Crippen LogP contribution in [0.15, 0.2) is 36.4 Å². The number of carbonyl (C=O) groups excluding carboxylic acids is 1. The van der Waals surface area contributed by atoms with Crippen LogP contribution in [0.5, 0.6) is 5.75 Å². The third kappa shape index (κ3) is 4.77.